The molecule has 14 heavy (non-hydrogen) atoms. The van der Waals surface area contributed by atoms with E-state index >= 15 is 0 Å². The lowest BCUT2D eigenvalue weighted by Crippen LogP contribution is -2.29. The zero-order valence-electron chi connectivity index (χ0n) is 8.55. The fraction of sp³-hybridized carbons (Fsp3) is 0.727. The van der Waals surface area contributed by atoms with Crippen LogP contribution in [0.25, 0.3) is 0 Å². The standard InChI is InChI=1S/C11H16N2O/c1-12-7-9-8-6-13-14-10(8)2-3-11(9)4-5-11/h6,9,12H,2-5,7H2,1H3. The molecule has 3 rings (SSSR count). The molecule has 1 aromatic rings. The number of aryl methyl sites for hydroxylation is 1. The highest BCUT2D eigenvalue weighted by molar-refractivity contribution is 5.29. The van der Waals surface area contributed by atoms with Crippen molar-refractivity contribution in [3.8, 4) is 0 Å². The van der Waals surface area contributed by atoms with E-state index in [1.54, 1.807) is 0 Å². The van der Waals surface area contributed by atoms with Gasteiger partial charge in [0.2, 0.25) is 0 Å². The molecule has 1 N–H and O–H groups in total. The molecule has 0 radical (unpaired) electrons. The van der Waals surface area contributed by atoms with Gasteiger partial charge >= 0.3 is 0 Å². The normalized spacial score (nSPS) is 27.6. The average molecular weight is 192 g/mol. The van der Waals surface area contributed by atoms with E-state index in [1.807, 2.05) is 13.2 Å². The van der Waals surface area contributed by atoms with Crippen molar-refractivity contribution >= 4 is 0 Å². The first-order valence-electron chi connectivity index (χ1n) is 5.44. The Balaban J connectivity index is 1.97. The number of likely N-dealkylation sites (N-methyl/N-ethyl adjacent to an activating group) is 1. The maximum Gasteiger partial charge on any atom is 0.140 e. The van der Waals surface area contributed by atoms with Crippen molar-refractivity contribution < 1.29 is 4.52 Å². The van der Waals surface area contributed by atoms with E-state index in [2.05, 4.69) is 10.5 Å². The first-order chi connectivity index (χ1) is 6.86. The van der Waals surface area contributed by atoms with Gasteiger partial charge in [0.05, 0.1) is 6.20 Å². The second kappa shape index (κ2) is 2.83. The Labute approximate surface area is 83.9 Å². The van der Waals surface area contributed by atoms with E-state index in [-0.39, 0.29) is 0 Å². The number of hydrogen-bond donors (Lipinski definition) is 1. The predicted molar refractivity (Wildman–Crippen MR) is 53.2 cm³/mol. The van der Waals surface area contributed by atoms with Crippen molar-refractivity contribution in [3.63, 3.8) is 0 Å². The summed E-state index contributed by atoms with van der Waals surface area (Å²) < 4.78 is 5.28. The minimum Gasteiger partial charge on any atom is -0.361 e. The summed E-state index contributed by atoms with van der Waals surface area (Å²) in [5, 5.41) is 7.22. The van der Waals surface area contributed by atoms with Crippen LogP contribution in [-0.4, -0.2) is 18.7 Å². The predicted octanol–water partition coefficient (Wildman–Crippen LogP) is 1.70. The van der Waals surface area contributed by atoms with E-state index in [0.29, 0.717) is 11.3 Å². The summed E-state index contributed by atoms with van der Waals surface area (Å²) in [5.74, 6) is 1.77. The lowest BCUT2D eigenvalue weighted by atomic mass is 9.75. The van der Waals surface area contributed by atoms with E-state index in [0.717, 1.165) is 18.7 Å². The maximum absolute atomic E-state index is 5.28. The van der Waals surface area contributed by atoms with Gasteiger partial charge in [0.25, 0.3) is 0 Å². The van der Waals surface area contributed by atoms with Crippen LogP contribution in [0.1, 0.15) is 36.5 Å². The molecule has 0 saturated heterocycles. The Kier molecular flexibility index (Phi) is 1.71. The molecule has 2 aliphatic carbocycles. The van der Waals surface area contributed by atoms with Crippen LogP contribution >= 0.6 is 0 Å². The van der Waals surface area contributed by atoms with Crippen LogP contribution < -0.4 is 5.32 Å². The lowest BCUT2D eigenvalue weighted by Gasteiger charge is -2.30. The Morgan fingerprint density at radius 3 is 3.14 bits per heavy atom. The Morgan fingerprint density at radius 2 is 2.43 bits per heavy atom. The minimum atomic E-state index is 0.599. The Hall–Kier alpha value is -0.830. The van der Waals surface area contributed by atoms with Crippen molar-refractivity contribution in [1.29, 1.82) is 0 Å². The number of fused-ring (bicyclic) bond motifs is 1. The van der Waals surface area contributed by atoms with Crippen molar-refractivity contribution in [3.05, 3.63) is 17.5 Å². The van der Waals surface area contributed by atoms with E-state index in [4.69, 9.17) is 4.52 Å². The molecule has 0 aromatic carbocycles. The largest absolute Gasteiger partial charge is 0.361 e. The fourth-order valence-electron chi connectivity index (χ4n) is 2.90. The average Bonchev–Trinajstić information content (AvgIpc) is 2.79. The molecule has 1 aromatic heterocycles. The fourth-order valence-corrected chi connectivity index (χ4v) is 2.90. The molecule has 3 nitrogen and oxygen atoms in total. The van der Waals surface area contributed by atoms with Gasteiger partial charge in [-0.2, -0.15) is 0 Å². The highest BCUT2D eigenvalue weighted by Crippen LogP contribution is 2.61. The van der Waals surface area contributed by atoms with Crippen LogP contribution in [0.5, 0.6) is 0 Å². The minimum absolute atomic E-state index is 0.599. The summed E-state index contributed by atoms with van der Waals surface area (Å²) >= 11 is 0. The number of nitrogens with zero attached hydrogens (tertiary/aromatic N) is 1. The SMILES string of the molecule is CNCC1c2cnoc2CCC12CC2. The molecular weight excluding hydrogens is 176 g/mol. The van der Waals surface area contributed by atoms with Gasteiger partial charge in [-0.25, -0.2) is 0 Å². The summed E-state index contributed by atoms with van der Waals surface area (Å²) in [6, 6.07) is 0. The number of hydrogen-bond acceptors (Lipinski definition) is 3. The Bertz CT molecular complexity index is 341. The molecule has 2 aliphatic rings. The zero-order chi connectivity index (χ0) is 9.60. The number of aromatic nitrogens is 1. The smallest absolute Gasteiger partial charge is 0.140 e. The monoisotopic (exact) mass is 192 g/mol. The van der Waals surface area contributed by atoms with Gasteiger partial charge in [0.15, 0.2) is 0 Å². The Morgan fingerprint density at radius 1 is 1.57 bits per heavy atom. The van der Waals surface area contributed by atoms with Gasteiger partial charge in [-0.15, -0.1) is 0 Å². The summed E-state index contributed by atoms with van der Waals surface area (Å²) in [4.78, 5) is 0. The van der Waals surface area contributed by atoms with E-state index in [1.165, 1.54) is 24.8 Å². The van der Waals surface area contributed by atoms with Gasteiger partial charge in [0, 0.05) is 24.4 Å². The van der Waals surface area contributed by atoms with Crippen LogP contribution in [0.4, 0.5) is 0 Å². The number of nitrogens with one attached hydrogen (secondary N) is 1. The molecule has 1 spiro atoms. The highest BCUT2D eigenvalue weighted by atomic mass is 16.5. The second-order valence-corrected chi connectivity index (χ2v) is 4.68. The van der Waals surface area contributed by atoms with Gasteiger partial charge in [0.1, 0.15) is 5.76 Å². The lowest BCUT2D eigenvalue weighted by molar-refractivity contribution is 0.298. The van der Waals surface area contributed by atoms with Crippen molar-refractivity contribution in [2.24, 2.45) is 5.41 Å². The third kappa shape index (κ3) is 1.05. The number of rotatable bonds is 2. The third-order valence-electron chi connectivity index (χ3n) is 3.94. The van der Waals surface area contributed by atoms with Gasteiger partial charge in [-0.3, -0.25) is 0 Å². The molecule has 0 aliphatic heterocycles. The molecule has 1 fully saturated rings. The summed E-state index contributed by atoms with van der Waals surface area (Å²) in [6.45, 7) is 1.06. The van der Waals surface area contributed by atoms with Gasteiger partial charge < -0.3 is 9.84 Å². The molecule has 1 saturated carbocycles. The molecule has 0 amide bonds. The second-order valence-electron chi connectivity index (χ2n) is 4.68. The van der Waals surface area contributed by atoms with Crippen LogP contribution in [0, 0.1) is 5.41 Å². The van der Waals surface area contributed by atoms with Crippen LogP contribution in [0.3, 0.4) is 0 Å². The maximum atomic E-state index is 5.28. The van der Waals surface area contributed by atoms with Crippen molar-refractivity contribution in [2.75, 3.05) is 13.6 Å². The molecule has 76 valence electrons. The first-order valence-corrected chi connectivity index (χ1v) is 5.44. The summed E-state index contributed by atoms with van der Waals surface area (Å²) in [7, 11) is 2.03. The molecule has 1 heterocycles. The third-order valence-corrected chi connectivity index (χ3v) is 3.94. The molecule has 1 atom stereocenters. The molecular formula is C11H16N2O. The van der Waals surface area contributed by atoms with Crippen LogP contribution in [0.15, 0.2) is 10.7 Å². The van der Waals surface area contributed by atoms with Crippen LogP contribution in [-0.2, 0) is 6.42 Å². The highest BCUT2D eigenvalue weighted by Gasteiger charge is 2.52. The summed E-state index contributed by atoms with van der Waals surface area (Å²) in [6.07, 6.45) is 7.10. The topological polar surface area (TPSA) is 38.1 Å². The van der Waals surface area contributed by atoms with Gasteiger partial charge in [-0.05, 0) is 31.7 Å². The van der Waals surface area contributed by atoms with Gasteiger partial charge in [-0.1, -0.05) is 5.16 Å². The summed E-state index contributed by atoms with van der Waals surface area (Å²) in [5.41, 5.74) is 1.96. The van der Waals surface area contributed by atoms with Crippen LogP contribution in [0.2, 0.25) is 0 Å². The molecule has 0 bridgehead atoms. The van der Waals surface area contributed by atoms with Crippen molar-refractivity contribution in [1.82, 2.24) is 10.5 Å². The molecule has 1 unspecified atom stereocenters. The quantitative estimate of drug-likeness (QED) is 0.775. The zero-order valence-corrected chi connectivity index (χ0v) is 8.55. The first kappa shape index (κ1) is 8.48. The van der Waals surface area contributed by atoms with Crippen molar-refractivity contribution in [2.45, 2.75) is 31.6 Å². The molecule has 3 heteroatoms. The van der Waals surface area contributed by atoms with E-state index in [9.17, 15) is 0 Å². The van der Waals surface area contributed by atoms with E-state index < -0.39 is 0 Å².